The van der Waals surface area contributed by atoms with Gasteiger partial charge in [0.25, 0.3) is 0 Å². The number of hydrogen-bond donors (Lipinski definition) is 1. The maximum Gasteiger partial charge on any atom is 0.401 e. The van der Waals surface area contributed by atoms with Crippen LogP contribution in [0.3, 0.4) is 0 Å². The van der Waals surface area contributed by atoms with E-state index in [1.54, 1.807) is 0 Å². The van der Waals surface area contributed by atoms with E-state index in [4.69, 9.17) is 5.73 Å². The Kier molecular flexibility index (Phi) is 2.63. The van der Waals surface area contributed by atoms with E-state index in [0.717, 1.165) is 0 Å². The van der Waals surface area contributed by atoms with Gasteiger partial charge in [-0.1, -0.05) is 6.92 Å². The van der Waals surface area contributed by atoms with E-state index in [-0.39, 0.29) is 12.0 Å². The number of alkyl halides is 3. The molecule has 1 aliphatic rings. The summed E-state index contributed by atoms with van der Waals surface area (Å²) in [5.41, 5.74) is 5.58. The fourth-order valence-electron chi connectivity index (χ4n) is 1.48. The molecule has 2 atom stereocenters. The summed E-state index contributed by atoms with van der Waals surface area (Å²) in [5, 5.41) is 0. The Labute approximate surface area is 69.5 Å². The van der Waals surface area contributed by atoms with Crippen molar-refractivity contribution in [2.45, 2.75) is 19.1 Å². The van der Waals surface area contributed by atoms with Crippen molar-refractivity contribution in [3.63, 3.8) is 0 Å². The molecule has 1 rings (SSSR count). The van der Waals surface area contributed by atoms with Crippen LogP contribution >= 0.6 is 0 Å². The molecule has 1 aliphatic heterocycles. The molecule has 0 aromatic rings. The summed E-state index contributed by atoms with van der Waals surface area (Å²) in [7, 11) is 0. The molecule has 0 saturated carbocycles. The molecule has 0 bridgehead atoms. The Morgan fingerprint density at radius 2 is 2.00 bits per heavy atom. The molecule has 2 N–H and O–H groups in total. The maximum atomic E-state index is 11.9. The summed E-state index contributed by atoms with van der Waals surface area (Å²) in [6, 6.07) is -0.104. The zero-order valence-corrected chi connectivity index (χ0v) is 6.93. The van der Waals surface area contributed by atoms with Crippen LogP contribution in [0.1, 0.15) is 6.92 Å². The van der Waals surface area contributed by atoms with Crippen LogP contribution in [0.5, 0.6) is 0 Å². The highest BCUT2D eigenvalue weighted by molar-refractivity contribution is 4.84. The second kappa shape index (κ2) is 3.22. The van der Waals surface area contributed by atoms with E-state index < -0.39 is 12.7 Å². The molecule has 0 unspecified atom stereocenters. The van der Waals surface area contributed by atoms with Gasteiger partial charge in [0.15, 0.2) is 0 Å². The first-order valence-corrected chi connectivity index (χ1v) is 3.93. The van der Waals surface area contributed by atoms with Crippen molar-refractivity contribution in [2.75, 3.05) is 19.6 Å². The van der Waals surface area contributed by atoms with Crippen LogP contribution in [-0.4, -0.2) is 36.8 Å². The largest absolute Gasteiger partial charge is 0.401 e. The Morgan fingerprint density at radius 1 is 1.42 bits per heavy atom. The molecule has 1 fully saturated rings. The third kappa shape index (κ3) is 2.64. The predicted molar refractivity (Wildman–Crippen MR) is 39.6 cm³/mol. The summed E-state index contributed by atoms with van der Waals surface area (Å²) in [4.78, 5) is 1.36. The average Bonchev–Trinajstić information content (AvgIpc) is 2.07. The molecule has 0 aliphatic carbocycles. The molecule has 2 nitrogen and oxygen atoms in total. The summed E-state index contributed by atoms with van der Waals surface area (Å²) in [5.74, 6) is 0.173. The smallest absolute Gasteiger partial charge is 0.326 e. The Morgan fingerprint density at radius 3 is 2.33 bits per heavy atom. The van der Waals surface area contributed by atoms with Crippen molar-refractivity contribution in [3.05, 3.63) is 0 Å². The normalized spacial score (nSPS) is 32.8. The third-order valence-electron chi connectivity index (χ3n) is 2.15. The monoisotopic (exact) mass is 182 g/mol. The van der Waals surface area contributed by atoms with Crippen LogP contribution in [0.25, 0.3) is 0 Å². The van der Waals surface area contributed by atoms with Gasteiger partial charge in [0.05, 0.1) is 6.54 Å². The van der Waals surface area contributed by atoms with Gasteiger partial charge in [-0.15, -0.1) is 0 Å². The van der Waals surface area contributed by atoms with Gasteiger partial charge in [-0.25, -0.2) is 0 Å². The number of likely N-dealkylation sites (tertiary alicyclic amines) is 1. The van der Waals surface area contributed by atoms with Crippen molar-refractivity contribution in [2.24, 2.45) is 11.7 Å². The lowest BCUT2D eigenvalue weighted by atomic mass is 10.1. The predicted octanol–water partition coefficient (Wildman–Crippen LogP) is 0.828. The molecule has 0 aromatic carbocycles. The molecular weight excluding hydrogens is 169 g/mol. The van der Waals surface area contributed by atoms with Crippen LogP contribution in [-0.2, 0) is 0 Å². The van der Waals surface area contributed by atoms with Gasteiger partial charge < -0.3 is 5.73 Å². The fourth-order valence-corrected chi connectivity index (χ4v) is 1.48. The summed E-state index contributed by atoms with van der Waals surface area (Å²) in [6.07, 6.45) is -4.09. The molecule has 1 saturated heterocycles. The number of nitrogens with two attached hydrogens (primary N) is 1. The highest BCUT2D eigenvalue weighted by Gasteiger charge is 2.35. The minimum absolute atomic E-state index is 0.104. The third-order valence-corrected chi connectivity index (χ3v) is 2.15. The van der Waals surface area contributed by atoms with Gasteiger partial charge in [0.1, 0.15) is 0 Å². The first kappa shape index (κ1) is 9.80. The molecule has 1 heterocycles. The molecule has 12 heavy (non-hydrogen) atoms. The van der Waals surface area contributed by atoms with Crippen LogP contribution in [0.2, 0.25) is 0 Å². The van der Waals surface area contributed by atoms with Crippen molar-refractivity contribution in [1.82, 2.24) is 4.90 Å². The lowest BCUT2D eigenvalue weighted by molar-refractivity contribution is -0.143. The number of hydrogen-bond acceptors (Lipinski definition) is 2. The van der Waals surface area contributed by atoms with Crippen molar-refractivity contribution < 1.29 is 13.2 Å². The van der Waals surface area contributed by atoms with Crippen LogP contribution < -0.4 is 5.73 Å². The minimum atomic E-state index is -4.09. The zero-order chi connectivity index (χ0) is 9.35. The number of halogens is 3. The number of rotatable bonds is 1. The molecule has 0 amide bonds. The highest BCUT2D eigenvalue weighted by Crippen LogP contribution is 2.21. The Balaban J connectivity index is 2.38. The lowest BCUT2D eigenvalue weighted by Crippen LogP contribution is -2.34. The second-order valence-corrected chi connectivity index (χ2v) is 3.45. The van der Waals surface area contributed by atoms with Crippen LogP contribution in [0.15, 0.2) is 0 Å². The topological polar surface area (TPSA) is 29.3 Å². The average molecular weight is 182 g/mol. The zero-order valence-electron chi connectivity index (χ0n) is 6.93. The second-order valence-electron chi connectivity index (χ2n) is 3.45. The van der Waals surface area contributed by atoms with Gasteiger partial charge in [0.2, 0.25) is 0 Å². The van der Waals surface area contributed by atoms with E-state index in [1.165, 1.54) is 4.90 Å². The standard InChI is InChI=1S/C7H13F3N2/c1-5-2-12(3-6(5)11)4-7(8,9)10/h5-6H,2-4,11H2,1H3/t5-,6-/m1/s1. The van der Waals surface area contributed by atoms with Gasteiger partial charge in [-0.05, 0) is 5.92 Å². The van der Waals surface area contributed by atoms with E-state index in [1.807, 2.05) is 6.92 Å². The van der Waals surface area contributed by atoms with Gasteiger partial charge >= 0.3 is 6.18 Å². The number of nitrogens with zero attached hydrogens (tertiary/aromatic N) is 1. The highest BCUT2D eigenvalue weighted by atomic mass is 19.4. The van der Waals surface area contributed by atoms with E-state index >= 15 is 0 Å². The molecule has 72 valence electrons. The Bertz CT molecular complexity index is 147. The molecule has 0 aromatic heterocycles. The quantitative estimate of drug-likeness (QED) is 0.650. The molecule has 0 radical (unpaired) electrons. The first-order chi connectivity index (χ1) is 5.38. The van der Waals surface area contributed by atoms with E-state index in [0.29, 0.717) is 13.1 Å². The van der Waals surface area contributed by atoms with E-state index in [2.05, 4.69) is 0 Å². The fraction of sp³-hybridized carbons (Fsp3) is 1.00. The summed E-state index contributed by atoms with van der Waals surface area (Å²) < 4.78 is 35.6. The summed E-state index contributed by atoms with van der Waals surface area (Å²) >= 11 is 0. The van der Waals surface area contributed by atoms with Crippen LogP contribution in [0, 0.1) is 5.92 Å². The van der Waals surface area contributed by atoms with Crippen molar-refractivity contribution in [1.29, 1.82) is 0 Å². The van der Waals surface area contributed by atoms with Gasteiger partial charge in [0, 0.05) is 19.1 Å². The van der Waals surface area contributed by atoms with E-state index in [9.17, 15) is 13.2 Å². The lowest BCUT2D eigenvalue weighted by Gasteiger charge is -2.16. The van der Waals surface area contributed by atoms with Crippen molar-refractivity contribution >= 4 is 0 Å². The van der Waals surface area contributed by atoms with Crippen LogP contribution in [0.4, 0.5) is 13.2 Å². The van der Waals surface area contributed by atoms with Gasteiger partial charge in [-0.2, -0.15) is 13.2 Å². The summed E-state index contributed by atoms with van der Waals surface area (Å²) in [6.45, 7) is 1.87. The SMILES string of the molecule is C[C@@H]1CN(CC(F)(F)F)C[C@H]1N. The maximum absolute atomic E-state index is 11.9. The van der Waals surface area contributed by atoms with Gasteiger partial charge in [-0.3, -0.25) is 4.90 Å². The minimum Gasteiger partial charge on any atom is -0.326 e. The molecular formula is C7H13F3N2. The molecule has 0 spiro atoms. The first-order valence-electron chi connectivity index (χ1n) is 3.93. The Hall–Kier alpha value is -0.290. The van der Waals surface area contributed by atoms with Crippen molar-refractivity contribution in [3.8, 4) is 0 Å². The molecule has 5 heteroatoms.